The third-order valence-electron chi connectivity index (χ3n) is 3.26. The van der Waals surface area contributed by atoms with Crippen molar-refractivity contribution < 1.29 is 0 Å². The van der Waals surface area contributed by atoms with Gasteiger partial charge in [0.15, 0.2) is 5.82 Å². The van der Waals surface area contributed by atoms with E-state index in [0.717, 1.165) is 22.3 Å². The number of anilines is 1. The number of benzene rings is 2. The highest BCUT2D eigenvalue weighted by Crippen LogP contribution is 2.31. The zero-order chi connectivity index (χ0) is 15.0. The second kappa shape index (κ2) is 5.51. The Labute approximate surface area is 132 Å². The summed E-state index contributed by atoms with van der Waals surface area (Å²) < 4.78 is 0. The van der Waals surface area contributed by atoms with Gasteiger partial charge >= 0.3 is 0 Å². The van der Waals surface area contributed by atoms with Gasteiger partial charge in [-0.15, -0.1) is 0 Å². The fraction of sp³-hybridized carbons (Fsp3) is 0.125. The zero-order valence-electron chi connectivity index (χ0n) is 11.6. The van der Waals surface area contributed by atoms with Crippen LogP contribution in [0.3, 0.4) is 0 Å². The number of halogens is 2. The van der Waals surface area contributed by atoms with Crippen molar-refractivity contribution in [2.75, 3.05) is 12.4 Å². The molecule has 0 spiro atoms. The number of hydrogen-bond donors (Lipinski definition) is 1. The fourth-order valence-electron chi connectivity index (χ4n) is 2.22. The molecule has 0 bridgehead atoms. The smallest absolute Gasteiger partial charge is 0.163 e. The third-order valence-corrected chi connectivity index (χ3v) is 3.81. The Balaban J connectivity index is 2.26. The highest BCUT2D eigenvalue weighted by Gasteiger charge is 2.11. The average Bonchev–Trinajstić information content (AvgIpc) is 2.46. The lowest BCUT2D eigenvalue weighted by Gasteiger charge is -2.10. The molecule has 0 aliphatic heterocycles. The molecule has 0 radical (unpaired) electrons. The van der Waals surface area contributed by atoms with Crippen LogP contribution in [-0.2, 0) is 0 Å². The Morgan fingerprint density at radius 2 is 1.81 bits per heavy atom. The number of aryl methyl sites for hydroxylation is 1. The summed E-state index contributed by atoms with van der Waals surface area (Å²) in [4.78, 5) is 9.18. The van der Waals surface area contributed by atoms with Gasteiger partial charge in [0.05, 0.1) is 10.5 Å². The summed E-state index contributed by atoms with van der Waals surface area (Å²) >= 11 is 12.2. The second-order valence-electron chi connectivity index (χ2n) is 4.79. The average molecular weight is 318 g/mol. The van der Waals surface area contributed by atoms with Gasteiger partial charge in [-0.2, -0.15) is 0 Å². The molecule has 1 heterocycles. The van der Waals surface area contributed by atoms with Gasteiger partial charge < -0.3 is 5.32 Å². The molecular formula is C16H13Cl2N3. The highest BCUT2D eigenvalue weighted by atomic mass is 35.5. The summed E-state index contributed by atoms with van der Waals surface area (Å²) in [6.45, 7) is 2.04. The Kier molecular flexibility index (Phi) is 3.70. The molecule has 106 valence electrons. The molecule has 0 fully saturated rings. The van der Waals surface area contributed by atoms with Crippen LogP contribution in [0.15, 0.2) is 36.4 Å². The van der Waals surface area contributed by atoms with E-state index in [1.807, 2.05) is 32.2 Å². The molecule has 0 saturated heterocycles. The topological polar surface area (TPSA) is 37.8 Å². The minimum Gasteiger partial charge on any atom is -0.373 e. The van der Waals surface area contributed by atoms with E-state index in [0.29, 0.717) is 15.9 Å². The zero-order valence-corrected chi connectivity index (χ0v) is 13.1. The van der Waals surface area contributed by atoms with Gasteiger partial charge in [0, 0.05) is 23.0 Å². The van der Waals surface area contributed by atoms with E-state index in [1.54, 1.807) is 12.1 Å². The van der Waals surface area contributed by atoms with E-state index in [-0.39, 0.29) is 0 Å². The van der Waals surface area contributed by atoms with Gasteiger partial charge in [-0.1, -0.05) is 34.8 Å². The molecule has 3 rings (SSSR count). The molecular weight excluding hydrogens is 305 g/mol. The lowest BCUT2D eigenvalue weighted by atomic mass is 10.1. The molecule has 0 aliphatic rings. The maximum absolute atomic E-state index is 6.25. The van der Waals surface area contributed by atoms with Crippen molar-refractivity contribution in [1.82, 2.24) is 9.97 Å². The summed E-state index contributed by atoms with van der Waals surface area (Å²) in [6.07, 6.45) is 0. The van der Waals surface area contributed by atoms with Crippen molar-refractivity contribution in [1.29, 1.82) is 0 Å². The van der Waals surface area contributed by atoms with E-state index in [9.17, 15) is 0 Å². The molecule has 2 aromatic carbocycles. The van der Waals surface area contributed by atoms with Gasteiger partial charge in [-0.25, -0.2) is 9.97 Å². The number of nitrogens with one attached hydrogen (secondary N) is 1. The molecule has 0 saturated carbocycles. The van der Waals surface area contributed by atoms with Crippen molar-refractivity contribution >= 4 is 39.9 Å². The number of fused-ring (bicyclic) bond motifs is 1. The van der Waals surface area contributed by atoms with Gasteiger partial charge in [0.1, 0.15) is 5.82 Å². The van der Waals surface area contributed by atoms with Crippen LogP contribution in [0.1, 0.15) is 5.56 Å². The first kappa shape index (κ1) is 14.1. The van der Waals surface area contributed by atoms with Crippen LogP contribution in [0.5, 0.6) is 0 Å². The van der Waals surface area contributed by atoms with Crippen LogP contribution >= 0.6 is 23.2 Å². The van der Waals surface area contributed by atoms with Crippen LogP contribution < -0.4 is 5.32 Å². The molecule has 3 aromatic rings. The van der Waals surface area contributed by atoms with Gasteiger partial charge in [0.25, 0.3) is 0 Å². The Hall–Kier alpha value is -1.84. The Morgan fingerprint density at radius 1 is 1.00 bits per heavy atom. The molecule has 0 atom stereocenters. The van der Waals surface area contributed by atoms with Crippen LogP contribution in [0.4, 0.5) is 5.82 Å². The maximum Gasteiger partial charge on any atom is 0.163 e. The largest absolute Gasteiger partial charge is 0.373 e. The third kappa shape index (κ3) is 2.67. The minimum atomic E-state index is 0.538. The normalized spacial score (nSPS) is 10.9. The van der Waals surface area contributed by atoms with Gasteiger partial charge in [-0.3, -0.25) is 0 Å². The molecule has 1 N–H and O–H groups in total. The maximum atomic E-state index is 6.25. The molecule has 0 unspecified atom stereocenters. The van der Waals surface area contributed by atoms with Crippen LogP contribution in [0.25, 0.3) is 22.3 Å². The summed E-state index contributed by atoms with van der Waals surface area (Å²) in [5.74, 6) is 1.36. The van der Waals surface area contributed by atoms with Crippen molar-refractivity contribution in [3.05, 3.63) is 52.0 Å². The summed E-state index contributed by atoms with van der Waals surface area (Å²) in [7, 11) is 1.84. The van der Waals surface area contributed by atoms with Crippen LogP contribution in [0.2, 0.25) is 10.0 Å². The number of rotatable bonds is 2. The summed E-state index contributed by atoms with van der Waals surface area (Å²) in [6, 6.07) is 11.4. The number of aromatic nitrogens is 2. The monoisotopic (exact) mass is 317 g/mol. The highest BCUT2D eigenvalue weighted by molar-refractivity contribution is 6.36. The first-order valence-electron chi connectivity index (χ1n) is 6.50. The van der Waals surface area contributed by atoms with Crippen molar-refractivity contribution in [2.45, 2.75) is 6.92 Å². The minimum absolute atomic E-state index is 0.538. The summed E-state index contributed by atoms with van der Waals surface area (Å²) in [5.41, 5.74) is 2.81. The van der Waals surface area contributed by atoms with Gasteiger partial charge in [-0.05, 0) is 37.3 Å². The molecule has 3 nitrogen and oxygen atoms in total. The van der Waals surface area contributed by atoms with Crippen LogP contribution in [0, 0.1) is 6.92 Å². The van der Waals surface area contributed by atoms with E-state index in [1.165, 1.54) is 5.56 Å². The predicted octanol–water partition coefficient (Wildman–Crippen LogP) is 4.95. The SMILES string of the molecule is CNc1nc(-c2ccc(Cl)cc2Cl)nc2ccc(C)cc12. The van der Waals surface area contributed by atoms with E-state index in [2.05, 4.69) is 21.4 Å². The molecule has 1 aromatic heterocycles. The van der Waals surface area contributed by atoms with E-state index in [4.69, 9.17) is 23.2 Å². The predicted molar refractivity (Wildman–Crippen MR) is 89.3 cm³/mol. The summed E-state index contributed by atoms with van der Waals surface area (Å²) in [5, 5.41) is 5.24. The lowest BCUT2D eigenvalue weighted by Crippen LogP contribution is -1.99. The van der Waals surface area contributed by atoms with E-state index < -0.39 is 0 Å². The quantitative estimate of drug-likeness (QED) is 0.726. The molecule has 0 aliphatic carbocycles. The van der Waals surface area contributed by atoms with Crippen molar-refractivity contribution in [3.8, 4) is 11.4 Å². The number of nitrogens with zero attached hydrogens (tertiary/aromatic N) is 2. The molecule has 5 heteroatoms. The first-order chi connectivity index (χ1) is 10.1. The van der Waals surface area contributed by atoms with Gasteiger partial charge in [0.2, 0.25) is 0 Å². The lowest BCUT2D eigenvalue weighted by molar-refractivity contribution is 1.21. The van der Waals surface area contributed by atoms with E-state index >= 15 is 0 Å². The Morgan fingerprint density at radius 3 is 2.52 bits per heavy atom. The first-order valence-corrected chi connectivity index (χ1v) is 7.25. The second-order valence-corrected chi connectivity index (χ2v) is 5.63. The van der Waals surface area contributed by atoms with Crippen molar-refractivity contribution in [2.24, 2.45) is 0 Å². The molecule has 21 heavy (non-hydrogen) atoms. The standard InChI is InChI=1S/C16H13Cl2N3/c1-9-3-6-14-12(7-9)15(19-2)21-16(20-14)11-5-4-10(17)8-13(11)18/h3-8H,1-2H3,(H,19,20,21). The fourth-order valence-corrected chi connectivity index (χ4v) is 2.72. The Bertz CT molecular complexity index is 831. The number of hydrogen-bond acceptors (Lipinski definition) is 3. The van der Waals surface area contributed by atoms with Crippen molar-refractivity contribution in [3.63, 3.8) is 0 Å². The molecule has 0 amide bonds. The van der Waals surface area contributed by atoms with Crippen LogP contribution in [-0.4, -0.2) is 17.0 Å².